The second-order valence-electron chi connectivity index (χ2n) is 5.89. The van der Waals surface area contributed by atoms with Crippen LogP contribution in [-0.2, 0) is 9.59 Å². The summed E-state index contributed by atoms with van der Waals surface area (Å²) in [5.74, 6) is 1.35. The largest absolute Gasteiger partial charge is 0.369 e. The Balaban J connectivity index is 1.58. The Morgan fingerprint density at radius 1 is 1.11 bits per heavy atom. The minimum absolute atomic E-state index is 0.0334. The van der Waals surface area contributed by atoms with Crippen molar-refractivity contribution in [1.82, 2.24) is 4.90 Å². The molecule has 3 atom stereocenters. The van der Waals surface area contributed by atoms with Crippen molar-refractivity contribution in [3.63, 3.8) is 0 Å². The standard InChI is InChI=1S/C14H20N2O2/c15-13(17)10-3-5-16(6-4-10)14(18)12-8-9-1-2-11(12)7-9/h1-2,9-12H,3-8H2,(H2,15,17). The highest BCUT2D eigenvalue weighted by Gasteiger charge is 2.42. The molecule has 2 amide bonds. The lowest BCUT2D eigenvalue weighted by Crippen LogP contribution is -2.44. The maximum absolute atomic E-state index is 12.4. The van der Waals surface area contributed by atoms with Gasteiger partial charge in [-0.25, -0.2) is 0 Å². The number of piperidine rings is 1. The summed E-state index contributed by atoms with van der Waals surface area (Å²) >= 11 is 0. The molecule has 1 heterocycles. The van der Waals surface area contributed by atoms with Crippen LogP contribution in [0.3, 0.4) is 0 Å². The van der Waals surface area contributed by atoms with Gasteiger partial charge in [0.25, 0.3) is 0 Å². The number of allylic oxidation sites excluding steroid dienone is 2. The van der Waals surface area contributed by atoms with Gasteiger partial charge in [0.2, 0.25) is 11.8 Å². The summed E-state index contributed by atoms with van der Waals surface area (Å²) in [5, 5.41) is 0. The number of hydrogen-bond donors (Lipinski definition) is 1. The second kappa shape index (κ2) is 4.41. The van der Waals surface area contributed by atoms with Gasteiger partial charge in [-0.3, -0.25) is 9.59 Å². The molecule has 3 rings (SSSR count). The molecular weight excluding hydrogens is 228 g/mol. The molecular formula is C14H20N2O2. The summed E-state index contributed by atoms with van der Waals surface area (Å²) in [6, 6.07) is 0. The van der Waals surface area contributed by atoms with E-state index in [1.54, 1.807) is 0 Å². The Bertz CT molecular complexity index is 397. The fourth-order valence-electron chi connectivity index (χ4n) is 3.68. The smallest absolute Gasteiger partial charge is 0.226 e. The van der Waals surface area contributed by atoms with Crippen molar-refractivity contribution >= 4 is 11.8 Å². The number of carbonyl (C=O) groups excluding carboxylic acids is 2. The predicted octanol–water partition coefficient (Wildman–Crippen LogP) is 0.922. The predicted molar refractivity (Wildman–Crippen MR) is 67.3 cm³/mol. The normalized spacial score (nSPS) is 35.1. The summed E-state index contributed by atoms with van der Waals surface area (Å²) in [7, 11) is 0. The molecule has 2 fully saturated rings. The summed E-state index contributed by atoms with van der Waals surface area (Å²) in [6.07, 6.45) is 8.13. The lowest BCUT2D eigenvalue weighted by Gasteiger charge is -2.33. The van der Waals surface area contributed by atoms with Crippen molar-refractivity contribution in [3.05, 3.63) is 12.2 Å². The average Bonchev–Trinajstić information content (AvgIpc) is 3.00. The van der Waals surface area contributed by atoms with Gasteiger partial charge in [0, 0.05) is 24.9 Å². The van der Waals surface area contributed by atoms with Crippen LogP contribution in [-0.4, -0.2) is 29.8 Å². The maximum atomic E-state index is 12.4. The third kappa shape index (κ3) is 1.93. The zero-order chi connectivity index (χ0) is 12.7. The third-order valence-corrected chi connectivity index (χ3v) is 4.81. The number of carbonyl (C=O) groups is 2. The third-order valence-electron chi connectivity index (χ3n) is 4.81. The van der Waals surface area contributed by atoms with Crippen LogP contribution >= 0.6 is 0 Å². The van der Waals surface area contributed by atoms with Crippen LogP contribution in [0.25, 0.3) is 0 Å². The zero-order valence-electron chi connectivity index (χ0n) is 10.5. The van der Waals surface area contributed by atoms with Crippen LogP contribution in [0.5, 0.6) is 0 Å². The van der Waals surface area contributed by atoms with Crippen LogP contribution in [0.2, 0.25) is 0 Å². The fraction of sp³-hybridized carbons (Fsp3) is 0.714. The van der Waals surface area contributed by atoms with E-state index in [2.05, 4.69) is 12.2 Å². The van der Waals surface area contributed by atoms with Crippen molar-refractivity contribution in [1.29, 1.82) is 0 Å². The lowest BCUT2D eigenvalue weighted by atomic mass is 9.90. The molecule has 0 radical (unpaired) electrons. The Labute approximate surface area is 107 Å². The number of nitrogens with zero attached hydrogens (tertiary/aromatic N) is 1. The van der Waals surface area contributed by atoms with Gasteiger partial charge < -0.3 is 10.6 Å². The summed E-state index contributed by atoms with van der Waals surface area (Å²) in [6.45, 7) is 1.40. The van der Waals surface area contributed by atoms with Gasteiger partial charge in [-0.2, -0.15) is 0 Å². The Hall–Kier alpha value is -1.32. The first-order valence-corrected chi connectivity index (χ1v) is 6.91. The molecule has 0 aromatic heterocycles. The van der Waals surface area contributed by atoms with Gasteiger partial charge in [-0.15, -0.1) is 0 Å². The molecule has 0 spiro atoms. The SMILES string of the molecule is NC(=O)C1CCN(C(=O)C2CC3C=CC2C3)CC1. The number of amides is 2. The first-order valence-electron chi connectivity index (χ1n) is 6.91. The lowest BCUT2D eigenvalue weighted by molar-refractivity contribution is -0.139. The van der Waals surface area contributed by atoms with Gasteiger partial charge in [0.15, 0.2) is 0 Å². The number of fused-ring (bicyclic) bond motifs is 2. The van der Waals surface area contributed by atoms with Crippen LogP contribution in [0.15, 0.2) is 12.2 Å². The molecule has 0 aromatic rings. The van der Waals surface area contributed by atoms with E-state index < -0.39 is 0 Å². The fourth-order valence-corrected chi connectivity index (χ4v) is 3.68. The Morgan fingerprint density at radius 3 is 2.33 bits per heavy atom. The van der Waals surface area contributed by atoms with Crippen molar-refractivity contribution in [2.24, 2.45) is 29.4 Å². The minimum Gasteiger partial charge on any atom is -0.369 e. The molecule has 4 heteroatoms. The number of nitrogens with two attached hydrogens (primary N) is 1. The van der Waals surface area contributed by atoms with E-state index in [0.717, 1.165) is 25.7 Å². The van der Waals surface area contributed by atoms with E-state index in [1.165, 1.54) is 0 Å². The van der Waals surface area contributed by atoms with E-state index in [0.29, 0.717) is 30.8 Å². The molecule has 98 valence electrons. The number of primary amides is 1. The molecule has 4 nitrogen and oxygen atoms in total. The zero-order valence-corrected chi connectivity index (χ0v) is 10.5. The van der Waals surface area contributed by atoms with Crippen molar-refractivity contribution in [2.45, 2.75) is 25.7 Å². The quantitative estimate of drug-likeness (QED) is 0.739. The highest BCUT2D eigenvalue weighted by atomic mass is 16.2. The summed E-state index contributed by atoms with van der Waals surface area (Å²) in [5.41, 5.74) is 5.31. The highest BCUT2D eigenvalue weighted by molar-refractivity contribution is 5.81. The van der Waals surface area contributed by atoms with E-state index in [1.807, 2.05) is 4.90 Å². The summed E-state index contributed by atoms with van der Waals surface area (Å²) < 4.78 is 0. The van der Waals surface area contributed by atoms with E-state index in [9.17, 15) is 9.59 Å². The molecule has 0 aromatic carbocycles. The van der Waals surface area contributed by atoms with Crippen LogP contribution in [0.1, 0.15) is 25.7 Å². The number of hydrogen-bond acceptors (Lipinski definition) is 2. The van der Waals surface area contributed by atoms with Crippen molar-refractivity contribution in [2.75, 3.05) is 13.1 Å². The van der Waals surface area contributed by atoms with E-state index >= 15 is 0 Å². The molecule has 2 bridgehead atoms. The first-order chi connectivity index (χ1) is 8.65. The van der Waals surface area contributed by atoms with Crippen LogP contribution in [0, 0.1) is 23.7 Å². The molecule has 1 aliphatic heterocycles. The number of rotatable bonds is 2. The molecule has 18 heavy (non-hydrogen) atoms. The molecule has 2 N–H and O–H groups in total. The van der Waals surface area contributed by atoms with Gasteiger partial charge in [0.1, 0.15) is 0 Å². The van der Waals surface area contributed by atoms with Crippen molar-refractivity contribution in [3.8, 4) is 0 Å². The van der Waals surface area contributed by atoms with Crippen LogP contribution in [0.4, 0.5) is 0 Å². The molecule has 1 saturated carbocycles. The maximum Gasteiger partial charge on any atom is 0.226 e. The van der Waals surface area contributed by atoms with Gasteiger partial charge in [-0.1, -0.05) is 12.2 Å². The molecule has 2 aliphatic carbocycles. The Morgan fingerprint density at radius 2 is 1.83 bits per heavy atom. The molecule has 3 unspecified atom stereocenters. The number of likely N-dealkylation sites (tertiary alicyclic amines) is 1. The highest BCUT2D eigenvalue weighted by Crippen LogP contribution is 2.44. The first kappa shape index (κ1) is 11.8. The molecule has 3 aliphatic rings. The van der Waals surface area contributed by atoms with Gasteiger partial charge in [0.05, 0.1) is 0 Å². The Kier molecular flexibility index (Phi) is 2.88. The van der Waals surface area contributed by atoms with Gasteiger partial charge >= 0.3 is 0 Å². The van der Waals surface area contributed by atoms with E-state index in [-0.39, 0.29) is 17.7 Å². The summed E-state index contributed by atoms with van der Waals surface area (Å²) in [4.78, 5) is 25.5. The topological polar surface area (TPSA) is 63.4 Å². The average molecular weight is 248 g/mol. The minimum atomic E-state index is -0.218. The van der Waals surface area contributed by atoms with Crippen LogP contribution < -0.4 is 5.73 Å². The van der Waals surface area contributed by atoms with Gasteiger partial charge in [-0.05, 0) is 37.5 Å². The second-order valence-corrected chi connectivity index (χ2v) is 5.89. The molecule has 1 saturated heterocycles. The van der Waals surface area contributed by atoms with E-state index in [4.69, 9.17) is 5.73 Å². The monoisotopic (exact) mass is 248 g/mol. The van der Waals surface area contributed by atoms with Crippen molar-refractivity contribution < 1.29 is 9.59 Å².